The molecule has 0 aromatic heterocycles. The second-order valence-corrected chi connectivity index (χ2v) is 17.8. The van der Waals surface area contributed by atoms with Gasteiger partial charge in [-0.25, -0.2) is 4.79 Å². The molecular formula is C44H58N2O3. The molecule has 5 heteroatoms. The number of amides is 1. The highest BCUT2D eigenvalue weighted by atomic mass is 16.4. The van der Waals surface area contributed by atoms with E-state index in [2.05, 4.69) is 76.1 Å². The van der Waals surface area contributed by atoms with Gasteiger partial charge in [-0.3, -0.25) is 4.79 Å². The quantitative estimate of drug-likeness (QED) is 0.194. The normalized spacial score (nSPS) is 38.9. The van der Waals surface area contributed by atoms with Crippen LogP contribution in [-0.2, 0) is 4.79 Å². The zero-order chi connectivity index (χ0) is 34.8. The van der Waals surface area contributed by atoms with Crippen molar-refractivity contribution in [1.82, 2.24) is 5.32 Å². The SMILES string of the molecule is C=C[C@@H]1CC[C@]2(C(=O)NCCNc3ccccc3)CC[C@]3(C)[C@H](CC[C@@H]4[C@@]5(C)CC=C(c6ccc(C(=O)O)cc6)C(C)(C)[C@@H]5CC[C@]43C)[C@@H]12. The predicted octanol–water partition coefficient (Wildman–Crippen LogP) is 9.87. The zero-order valence-corrected chi connectivity index (χ0v) is 30.5. The highest BCUT2D eigenvalue weighted by molar-refractivity contribution is 5.88. The fourth-order valence-electron chi connectivity index (χ4n) is 13.3. The number of anilines is 1. The molecule has 5 nitrogen and oxygen atoms in total. The Morgan fingerprint density at radius 2 is 1.57 bits per heavy atom. The Labute approximate surface area is 294 Å². The van der Waals surface area contributed by atoms with Crippen LogP contribution in [0.4, 0.5) is 5.69 Å². The van der Waals surface area contributed by atoms with E-state index in [1.54, 1.807) is 12.1 Å². The van der Waals surface area contributed by atoms with Crippen molar-refractivity contribution in [3.63, 3.8) is 0 Å². The zero-order valence-electron chi connectivity index (χ0n) is 30.5. The van der Waals surface area contributed by atoms with E-state index in [0.29, 0.717) is 41.7 Å². The monoisotopic (exact) mass is 662 g/mol. The summed E-state index contributed by atoms with van der Waals surface area (Å²) in [7, 11) is 0. The average Bonchev–Trinajstić information content (AvgIpc) is 3.47. The van der Waals surface area contributed by atoms with Crippen molar-refractivity contribution in [3.05, 3.63) is 84.5 Å². The van der Waals surface area contributed by atoms with Crippen molar-refractivity contribution in [3.8, 4) is 0 Å². The lowest BCUT2D eigenvalue weighted by Crippen LogP contribution is -2.66. The molecule has 0 saturated heterocycles. The van der Waals surface area contributed by atoms with Crippen LogP contribution in [0.1, 0.15) is 108 Å². The first-order valence-corrected chi connectivity index (χ1v) is 19.1. The predicted molar refractivity (Wildman–Crippen MR) is 199 cm³/mol. The summed E-state index contributed by atoms with van der Waals surface area (Å²) < 4.78 is 0. The molecule has 5 aliphatic carbocycles. The Bertz CT molecular complexity index is 1630. The van der Waals surface area contributed by atoms with Gasteiger partial charge in [-0.15, -0.1) is 6.58 Å². The van der Waals surface area contributed by atoms with Crippen molar-refractivity contribution in [2.45, 2.75) is 92.4 Å². The molecule has 49 heavy (non-hydrogen) atoms. The number of aromatic carboxylic acids is 1. The summed E-state index contributed by atoms with van der Waals surface area (Å²) in [5.41, 5.74) is 4.26. The van der Waals surface area contributed by atoms with Gasteiger partial charge in [0, 0.05) is 18.8 Å². The minimum Gasteiger partial charge on any atom is -0.478 e. The summed E-state index contributed by atoms with van der Waals surface area (Å²) in [5, 5.41) is 16.3. The van der Waals surface area contributed by atoms with Crippen molar-refractivity contribution in [2.75, 3.05) is 18.4 Å². The van der Waals surface area contributed by atoms with Gasteiger partial charge < -0.3 is 15.7 Å². The topological polar surface area (TPSA) is 78.4 Å². The lowest BCUT2D eigenvalue weighted by molar-refractivity contribution is -0.224. The van der Waals surface area contributed by atoms with Crippen LogP contribution in [0.25, 0.3) is 5.57 Å². The van der Waals surface area contributed by atoms with E-state index < -0.39 is 5.97 Å². The van der Waals surface area contributed by atoms with Gasteiger partial charge in [-0.05, 0) is 144 Å². The summed E-state index contributed by atoms with van der Waals surface area (Å²) in [6.45, 7) is 18.5. The highest BCUT2D eigenvalue weighted by Crippen LogP contribution is 2.77. The third kappa shape index (κ3) is 5.07. The summed E-state index contributed by atoms with van der Waals surface area (Å²) in [5.74, 6) is 1.87. The Kier molecular flexibility index (Phi) is 8.47. The number of hydrogen-bond acceptors (Lipinski definition) is 3. The maximum Gasteiger partial charge on any atom is 0.335 e. The van der Waals surface area contributed by atoms with Crippen molar-refractivity contribution in [1.29, 1.82) is 0 Å². The number of carbonyl (C=O) groups excluding carboxylic acids is 1. The Balaban J connectivity index is 1.14. The van der Waals surface area contributed by atoms with Gasteiger partial charge in [-0.1, -0.05) is 77.1 Å². The van der Waals surface area contributed by atoms with Crippen molar-refractivity contribution < 1.29 is 14.7 Å². The second kappa shape index (κ2) is 12.2. The Hall–Kier alpha value is -3.34. The van der Waals surface area contributed by atoms with Gasteiger partial charge in [0.2, 0.25) is 5.91 Å². The molecule has 0 aliphatic heterocycles. The van der Waals surface area contributed by atoms with Crippen LogP contribution in [0.5, 0.6) is 0 Å². The molecule has 9 atom stereocenters. The van der Waals surface area contributed by atoms with Gasteiger partial charge in [0.05, 0.1) is 11.0 Å². The van der Waals surface area contributed by atoms with E-state index >= 15 is 0 Å². The third-order valence-corrected chi connectivity index (χ3v) is 15.8. The van der Waals surface area contributed by atoms with Crippen LogP contribution < -0.4 is 10.6 Å². The number of rotatable bonds is 8. The molecule has 4 fully saturated rings. The number of carbonyl (C=O) groups is 2. The fourth-order valence-corrected chi connectivity index (χ4v) is 13.3. The Morgan fingerprint density at radius 3 is 2.27 bits per heavy atom. The maximum absolute atomic E-state index is 14.3. The fraction of sp³-hybridized carbons (Fsp3) is 0.591. The molecule has 262 valence electrons. The molecule has 7 rings (SSSR count). The first-order valence-electron chi connectivity index (χ1n) is 19.1. The van der Waals surface area contributed by atoms with Gasteiger partial charge in [0.1, 0.15) is 0 Å². The first-order chi connectivity index (χ1) is 23.3. The van der Waals surface area contributed by atoms with Crippen molar-refractivity contribution in [2.24, 2.45) is 56.7 Å². The number of hydrogen-bond donors (Lipinski definition) is 3. The van der Waals surface area contributed by atoms with E-state index in [1.807, 2.05) is 30.3 Å². The minimum atomic E-state index is -0.875. The molecule has 0 unspecified atom stereocenters. The maximum atomic E-state index is 14.3. The van der Waals surface area contributed by atoms with E-state index in [0.717, 1.165) is 49.9 Å². The first kappa shape index (κ1) is 34.1. The molecule has 4 saturated carbocycles. The molecule has 3 N–H and O–H groups in total. The lowest BCUT2D eigenvalue weighted by Gasteiger charge is -2.72. The van der Waals surface area contributed by atoms with Gasteiger partial charge >= 0.3 is 5.97 Å². The van der Waals surface area contributed by atoms with Crippen molar-refractivity contribution >= 4 is 23.1 Å². The van der Waals surface area contributed by atoms with E-state index in [1.165, 1.54) is 31.3 Å². The number of fused-ring (bicyclic) bond motifs is 7. The molecule has 5 aliphatic rings. The standard InChI is InChI=1S/C44H58N2O3/c1-7-29-19-24-44(39(49)46-28-27-45-32-11-9-8-10-12-32)26-25-42(5)34(37(29)44)17-18-36-41(4)22-20-33(30-13-15-31(16-14-30)38(47)48)40(2,3)35(41)21-23-43(36,42)6/h7-16,20,29,34-37,45H,1,17-19,21-28H2,2-6H3,(H,46,49)(H,47,48)/t29-,34-,35+,36-,37-,41+,42-,43-,44+/m1/s1. The second-order valence-electron chi connectivity index (χ2n) is 17.8. The largest absolute Gasteiger partial charge is 0.478 e. The smallest absolute Gasteiger partial charge is 0.335 e. The van der Waals surface area contributed by atoms with Crippen LogP contribution >= 0.6 is 0 Å². The van der Waals surface area contributed by atoms with Crippen LogP contribution in [0.15, 0.2) is 73.3 Å². The van der Waals surface area contributed by atoms with Crippen LogP contribution in [-0.4, -0.2) is 30.1 Å². The van der Waals surface area contributed by atoms with E-state index in [9.17, 15) is 14.7 Å². The van der Waals surface area contributed by atoms with E-state index in [-0.39, 0.29) is 33.0 Å². The molecular weight excluding hydrogens is 604 g/mol. The van der Waals surface area contributed by atoms with E-state index in [4.69, 9.17) is 0 Å². The van der Waals surface area contributed by atoms with Gasteiger partial charge in [-0.2, -0.15) is 0 Å². The summed E-state index contributed by atoms with van der Waals surface area (Å²) in [4.78, 5) is 25.9. The molecule has 0 bridgehead atoms. The third-order valence-electron chi connectivity index (χ3n) is 15.8. The molecule has 2 aromatic carbocycles. The minimum absolute atomic E-state index is 0.00854. The number of carboxylic acid groups (broad SMARTS) is 1. The van der Waals surface area contributed by atoms with Gasteiger partial charge in [0.15, 0.2) is 0 Å². The summed E-state index contributed by atoms with van der Waals surface area (Å²) >= 11 is 0. The van der Waals surface area contributed by atoms with Crippen LogP contribution in [0.3, 0.4) is 0 Å². The molecule has 2 aromatic rings. The Morgan fingerprint density at radius 1 is 0.837 bits per heavy atom. The number of carboxylic acids is 1. The lowest BCUT2D eigenvalue weighted by atomic mass is 9.32. The number of benzene rings is 2. The molecule has 1 amide bonds. The highest BCUT2D eigenvalue weighted by Gasteiger charge is 2.71. The number of allylic oxidation sites excluding steroid dienone is 3. The molecule has 0 heterocycles. The number of nitrogens with one attached hydrogen (secondary N) is 2. The molecule has 0 spiro atoms. The molecule has 0 radical (unpaired) electrons. The van der Waals surface area contributed by atoms with Crippen LogP contribution in [0.2, 0.25) is 0 Å². The van der Waals surface area contributed by atoms with Crippen LogP contribution in [0, 0.1) is 56.7 Å². The number of para-hydroxylation sites is 1. The summed E-state index contributed by atoms with van der Waals surface area (Å²) in [6, 6.07) is 17.8. The average molecular weight is 663 g/mol. The van der Waals surface area contributed by atoms with Gasteiger partial charge in [0.25, 0.3) is 0 Å². The summed E-state index contributed by atoms with van der Waals surface area (Å²) in [6.07, 6.45) is 14.8.